The van der Waals surface area contributed by atoms with E-state index in [9.17, 15) is 4.79 Å². The fourth-order valence-electron chi connectivity index (χ4n) is 3.49. The summed E-state index contributed by atoms with van der Waals surface area (Å²) >= 11 is 0. The van der Waals surface area contributed by atoms with Crippen molar-refractivity contribution in [2.75, 3.05) is 13.1 Å². The summed E-state index contributed by atoms with van der Waals surface area (Å²) in [5.74, 6) is 1.68. The molecule has 2 fully saturated rings. The molecule has 1 aliphatic carbocycles. The molecule has 0 aromatic heterocycles. The highest BCUT2D eigenvalue weighted by molar-refractivity contribution is 5.81. The molecule has 3 aliphatic rings. The van der Waals surface area contributed by atoms with Gasteiger partial charge in [0.1, 0.15) is 11.4 Å². The lowest BCUT2D eigenvalue weighted by Gasteiger charge is -2.42. The van der Waals surface area contributed by atoms with Crippen LogP contribution >= 0.6 is 0 Å². The van der Waals surface area contributed by atoms with Crippen LogP contribution < -0.4 is 4.74 Å². The van der Waals surface area contributed by atoms with Crippen LogP contribution in [-0.4, -0.2) is 29.5 Å². The Hall–Kier alpha value is -1.77. The Kier molecular flexibility index (Phi) is 3.07. The first-order chi connectivity index (χ1) is 10.6. The molecule has 4 rings (SSSR count). The third kappa shape index (κ3) is 2.33. The van der Waals surface area contributed by atoms with E-state index >= 15 is 0 Å². The Labute approximate surface area is 132 Å². The zero-order chi connectivity index (χ0) is 15.3. The first-order valence-corrected chi connectivity index (χ1v) is 8.35. The molecule has 0 bridgehead atoms. The molecule has 0 unspecified atom stereocenters. The van der Waals surface area contributed by atoms with Gasteiger partial charge in [0.25, 0.3) is 0 Å². The number of nitrogens with zero attached hydrogens (tertiary/aromatic N) is 1. The van der Waals surface area contributed by atoms with Crippen molar-refractivity contribution in [3.63, 3.8) is 0 Å². The Morgan fingerprint density at radius 2 is 1.86 bits per heavy atom. The van der Waals surface area contributed by atoms with Crippen LogP contribution in [0.3, 0.4) is 0 Å². The number of benzene rings is 1. The van der Waals surface area contributed by atoms with Gasteiger partial charge in [0.2, 0.25) is 5.91 Å². The lowest BCUT2D eigenvalue weighted by atomic mass is 9.87. The largest absolute Gasteiger partial charge is 0.482 e. The average molecular weight is 297 g/mol. The van der Waals surface area contributed by atoms with Gasteiger partial charge in [-0.1, -0.05) is 6.08 Å². The topological polar surface area (TPSA) is 29.5 Å². The van der Waals surface area contributed by atoms with E-state index in [1.54, 1.807) is 0 Å². The van der Waals surface area contributed by atoms with Gasteiger partial charge in [-0.2, -0.15) is 0 Å². The highest BCUT2D eigenvalue weighted by Gasteiger charge is 2.41. The molecule has 2 aliphatic heterocycles. The number of ether oxygens (including phenoxy) is 1. The van der Waals surface area contributed by atoms with Crippen LogP contribution in [0.25, 0.3) is 6.08 Å². The first-order valence-electron chi connectivity index (χ1n) is 8.35. The van der Waals surface area contributed by atoms with Gasteiger partial charge in [-0.05, 0) is 56.0 Å². The number of aryl methyl sites for hydroxylation is 2. The fraction of sp³-hybridized carbons (Fsp3) is 0.526. The number of carbonyl (C=O) groups is 1. The van der Waals surface area contributed by atoms with E-state index in [1.807, 2.05) is 4.90 Å². The lowest BCUT2D eigenvalue weighted by Crippen LogP contribution is -2.49. The molecule has 22 heavy (non-hydrogen) atoms. The fourth-order valence-corrected chi connectivity index (χ4v) is 3.49. The van der Waals surface area contributed by atoms with Crippen LogP contribution in [0.15, 0.2) is 18.2 Å². The van der Waals surface area contributed by atoms with Crippen molar-refractivity contribution >= 4 is 12.0 Å². The molecule has 116 valence electrons. The Balaban J connectivity index is 1.50. The number of rotatable bonds is 1. The molecule has 1 amide bonds. The van der Waals surface area contributed by atoms with Gasteiger partial charge < -0.3 is 9.64 Å². The van der Waals surface area contributed by atoms with Gasteiger partial charge in [0.05, 0.1) is 0 Å². The third-order valence-corrected chi connectivity index (χ3v) is 5.35. The van der Waals surface area contributed by atoms with Crippen molar-refractivity contribution in [3.05, 3.63) is 34.9 Å². The molecule has 1 saturated heterocycles. The summed E-state index contributed by atoms with van der Waals surface area (Å²) < 4.78 is 6.38. The minimum Gasteiger partial charge on any atom is -0.482 e. The zero-order valence-corrected chi connectivity index (χ0v) is 13.4. The molecular weight excluding hydrogens is 274 g/mol. The molecule has 3 heteroatoms. The van der Waals surface area contributed by atoms with Crippen molar-refractivity contribution in [2.24, 2.45) is 5.92 Å². The molecule has 1 saturated carbocycles. The third-order valence-electron chi connectivity index (χ3n) is 5.35. The predicted octanol–water partition coefficient (Wildman–Crippen LogP) is 3.48. The highest BCUT2D eigenvalue weighted by atomic mass is 16.5. The second-order valence-electron chi connectivity index (χ2n) is 7.07. The smallest absolute Gasteiger partial charge is 0.225 e. The molecule has 1 aromatic carbocycles. The molecule has 0 radical (unpaired) electrons. The van der Waals surface area contributed by atoms with Crippen molar-refractivity contribution in [3.8, 4) is 5.75 Å². The summed E-state index contributed by atoms with van der Waals surface area (Å²) in [6.45, 7) is 5.90. The quantitative estimate of drug-likeness (QED) is 0.794. The molecular formula is C19H23NO2. The number of piperidine rings is 1. The number of amides is 1. The zero-order valence-electron chi connectivity index (χ0n) is 13.4. The highest BCUT2D eigenvalue weighted by Crippen LogP contribution is 2.39. The standard InChI is InChI=1S/C19H23NO2/c1-13-11-16-5-6-19(22-17(16)12-14(13)2)7-9-20(10-8-19)18(21)15-3-4-15/h5-6,11-12,15H,3-4,7-10H2,1-2H3. The summed E-state index contributed by atoms with van der Waals surface area (Å²) in [6.07, 6.45) is 8.38. The molecule has 3 nitrogen and oxygen atoms in total. The van der Waals surface area contributed by atoms with Gasteiger partial charge in [-0.3, -0.25) is 4.79 Å². The summed E-state index contributed by atoms with van der Waals surface area (Å²) in [5.41, 5.74) is 3.53. The normalized spacial score (nSPS) is 22.4. The molecule has 0 atom stereocenters. The van der Waals surface area contributed by atoms with Crippen LogP contribution in [-0.2, 0) is 4.79 Å². The maximum Gasteiger partial charge on any atom is 0.225 e. The van der Waals surface area contributed by atoms with Gasteiger partial charge >= 0.3 is 0 Å². The summed E-state index contributed by atoms with van der Waals surface area (Å²) in [7, 11) is 0. The monoisotopic (exact) mass is 297 g/mol. The maximum atomic E-state index is 12.2. The van der Waals surface area contributed by atoms with E-state index in [-0.39, 0.29) is 5.60 Å². The van der Waals surface area contributed by atoms with E-state index in [4.69, 9.17) is 4.74 Å². The van der Waals surface area contributed by atoms with Crippen LogP contribution in [0.5, 0.6) is 5.75 Å². The molecule has 0 N–H and O–H groups in total. The number of fused-ring (bicyclic) bond motifs is 1. The van der Waals surface area contributed by atoms with E-state index in [2.05, 4.69) is 38.1 Å². The van der Waals surface area contributed by atoms with Crippen molar-refractivity contribution in [2.45, 2.75) is 45.1 Å². The van der Waals surface area contributed by atoms with E-state index in [1.165, 1.54) is 16.7 Å². The Morgan fingerprint density at radius 3 is 2.55 bits per heavy atom. The minimum absolute atomic E-state index is 0.213. The Bertz CT molecular complexity index is 650. The number of likely N-dealkylation sites (tertiary alicyclic amines) is 1. The second kappa shape index (κ2) is 4.87. The van der Waals surface area contributed by atoms with Crippen LogP contribution in [0.2, 0.25) is 0 Å². The SMILES string of the molecule is Cc1cc2c(cc1C)OC1(C=C2)CCN(C(=O)C2CC2)CC1. The summed E-state index contributed by atoms with van der Waals surface area (Å²) in [4.78, 5) is 14.2. The molecule has 1 aromatic rings. The van der Waals surface area contributed by atoms with E-state index < -0.39 is 0 Å². The van der Waals surface area contributed by atoms with Gasteiger partial charge in [-0.15, -0.1) is 0 Å². The second-order valence-corrected chi connectivity index (χ2v) is 7.07. The van der Waals surface area contributed by atoms with Crippen molar-refractivity contribution in [1.29, 1.82) is 0 Å². The Morgan fingerprint density at radius 1 is 1.18 bits per heavy atom. The van der Waals surface area contributed by atoms with Crippen LogP contribution in [0.4, 0.5) is 0 Å². The van der Waals surface area contributed by atoms with Crippen molar-refractivity contribution in [1.82, 2.24) is 4.90 Å². The van der Waals surface area contributed by atoms with E-state index in [0.29, 0.717) is 11.8 Å². The van der Waals surface area contributed by atoms with E-state index in [0.717, 1.165) is 44.5 Å². The first kappa shape index (κ1) is 13.9. The van der Waals surface area contributed by atoms with Gasteiger partial charge in [0.15, 0.2) is 0 Å². The van der Waals surface area contributed by atoms with Crippen LogP contribution in [0, 0.1) is 19.8 Å². The van der Waals surface area contributed by atoms with Crippen LogP contribution in [0.1, 0.15) is 42.4 Å². The average Bonchev–Trinajstić information content (AvgIpc) is 3.34. The van der Waals surface area contributed by atoms with Gasteiger partial charge in [-0.25, -0.2) is 0 Å². The lowest BCUT2D eigenvalue weighted by molar-refractivity contribution is -0.135. The predicted molar refractivity (Wildman–Crippen MR) is 86.8 cm³/mol. The number of carbonyl (C=O) groups excluding carboxylic acids is 1. The number of hydrogen-bond acceptors (Lipinski definition) is 2. The summed E-state index contributed by atoms with van der Waals surface area (Å²) in [6, 6.07) is 4.34. The molecule has 1 spiro atoms. The maximum absolute atomic E-state index is 12.2. The van der Waals surface area contributed by atoms with Crippen molar-refractivity contribution < 1.29 is 9.53 Å². The van der Waals surface area contributed by atoms with Gasteiger partial charge in [0, 0.05) is 37.4 Å². The minimum atomic E-state index is -0.213. The number of hydrogen-bond donors (Lipinski definition) is 0. The summed E-state index contributed by atoms with van der Waals surface area (Å²) in [5, 5.41) is 0. The molecule has 2 heterocycles.